The number of ether oxygens (including phenoxy) is 1. The summed E-state index contributed by atoms with van der Waals surface area (Å²) in [7, 11) is 1.29. The zero-order valence-electron chi connectivity index (χ0n) is 12.0. The molecule has 1 N–H and O–H groups in total. The van der Waals surface area contributed by atoms with Crippen molar-refractivity contribution >= 4 is 51.1 Å². The van der Waals surface area contributed by atoms with Crippen LogP contribution in [-0.2, 0) is 9.53 Å². The summed E-state index contributed by atoms with van der Waals surface area (Å²) >= 11 is 9.41. The quantitative estimate of drug-likeness (QED) is 0.470. The van der Waals surface area contributed by atoms with Gasteiger partial charge in [-0.05, 0) is 35.9 Å². The van der Waals surface area contributed by atoms with Crippen molar-refractivity contribution in [2.24, 2.45) is 0 Å². The van der Waals surface area contributed by atoms with Crippen LogP contribution in [-0.4, -0.2) is 24.2 Å². The first-order valence-electron chi connectivity index (χ1n) is 6.51. The number of carboxylic acids is 1. The van der Waals surface area contributed by atoms with E-state index in [1.807, 2.05) is 0 Å². The Morgan fingerprint density at radius 2 is 1.96 bits per heavy atom. The molecule has 0 aromatic heterocycles. The van der Waals surface area contributed by atoms with Crippen LogP contribution in [0.2, 0.25) is 5.02 Å². The molecular formula is C17H12BrClO4. The van der Waals surface area contributed by atoms with Crippen LogP contribution in [0.3, 0.4) is 0 Å². The minimum absolute atomic E-state index is 0.0320. The molecule has 0 aliphatic carbocycles. The number of aliphatic carboxylic acids is 1. The summed E-state index contributed by atoms with van der Waals surface area (Å²) in [4.78, 5) is 23.1. The number of benzene rings is 2. The van der Waals surface area contributed by atoms with Gasteiger partial charge in [0.05, 0.1) is 18.2 Å². The van der Waals surface area contributed by atoms with E-state index >= 15 is 0 Å². The number of rotatable bonds is 4. The van der Waals surface area contributed by atoms with E-state index in [4.69, 9.17) is 11.6 Å². The smallest absolute Gasteiger partial charge is 0.337 e. The zero-order valence-corrected chi connectivity index (χ0v) is 14.4. The third kappa shape index (κ3) is 4.21. The number of methoxy groups -OCH3 is 1. The average Bonchev–Trinajstić information content (AvgIpc) is 2.52. The average molecular weight is 396 g/mol. The number of esters is 1. The van der Waals surface area contributed by atoms with Gasteiger partial charge >= 0.3 is 11.9 Å². The van der Waals surface area contributed by atoms with Crippen molar-refractivity contribution in [3.05, 3.63) is 68.7 Å². The molecule has 0 aliphatic rings. The molecule has 0 spiro atoms. The van der Waals surface area contributed by atoms with Crippen LogP contribution in [0.25, 0.3) is 11.6 Å². The van der Waals surface area contributed by atoms with Crippen LogP contribution in [0, 0.1) is 0 Å². The fourth-order valence-corrected chi connectivity index (χ4v) is 2.78. The molecule has 0 aliphatic heterocycles. The molecule has 0 saturated carbocycles. The monoisotopic (exact) mass is 394 g/mol. The Hall–Kier alpha value is -2.11. The van der Waals surface area contributed by atoms with E-state index < -0.39 is 11.9 Å². The Morgan fingerprint density at radius 3 is 2.57 bits per heavy atom. The molecule has 0 heterocycles. The number of hydrogen-bond donors (Lipinski definition) is 1. The first-order chi connectivity index (χ1) is 10.9. The van der Waals surface area contributed by atoms with E-state index in [2.05, 4.69) is 20.7 Å². The molecular weight excluding hydrogens is 384 g/mol. The van der Waals surface area contributed by atoms with E-state index in [0.29, 0.717) is 21.7 Å². The van der Waals surface area contributed by atoms with Gasteiger partial charge in [0.2, 0.25) is 0 Å². The lowest BCUT2D eigenvalue weighted by molar-refractivity contribution is -0.130. The molecule has 0 radical (unpaired) electrons. The molecule has 0 fully saturated rings. The first kappa shape index (κ1) is 17.2. The molecule has 23 heavy (non-hydrogen) atoms. The predicted molar refractivity (Wildman–Crippen MR) is 92.4 cm³/mol. The van der Waals surface area contributed by atoms with Gasteiger partial charge in [-0.2, -0.15) is 0 Å². The highest BCUT2D eigenvalue weighted by Crippen LogP contribution is 2.29. The van der Waals surface area contributed by atoms with Gasteiger partial charge in [0.15, 0.2) is 0 Å². The summed E-state index contributed by atoms with van der Waals surface area (Å²) in [5.41, 5.74) is 1.33. The maximum atomic E-state index is 11.6. The van der Waals surface area contributed by atoms with Crippen molar-refractivity contribution in [3.8, 4) is 0 Å². The largest absolute Gasteiger partial charge is 0.478 e. The topological polar surface area (TPSA) is 63.6 Å². The normalized spacial score (nSPS) is 11.2. The van der Waals surface area contributed by atoms with Crippen molar-refractivity contribution in [2.45, 2.75) is 0 Å². The van der Waals surface area contributed by atoms with Crippen LogP contribution >= 0.6 is 27.5 Å². The van der Waals surface area contributed by atoms with Gasteiger partial charge in [-0.15, -0.1) is 0 Å². The van der Waals surface area contributed by atoms with Gasteiger partial charge in [-0.25, -0.2) is 9.59 Å². The Bertz CT molecular complexity index is 799. The summed E-state index contributed by atoms with van der Waals surface area (Å²) in [5.74, 6) is -1.60. The summed E-state index contributed by atoms with van der Waals surface area (Å²) in [6.45, 7) is 0. The fourth-order valence-electron chi connectivity index (χ4n) is 2.00. The van der Waals surface area contributed by atoms with E-state index in [1.54, 1.807) is 42.5 Å². The number of carbonyl (C=O) groups is 2. The lowest BCUT2D eigenvalue weighted by Gasteiger charge is -2.07. The maximum Gasteiger partial charge on any atom is 0.337 e. The lowest BCUT2D eigenvalue weighted by Crippen LogP contribution is -2.02. The highest BCUT2D eigenvalue weighted by molar-refractivity contribution is 9.10. The highest BCUT2D eigenvalue weighted by atomic mass is 79.9. The standard InChI is InChI=1S/C17H12BrClO4/c1-23-17(22)11-4-2-3-10(7-11)8-14(16(20)21)13-6-5-12(18)9-15(13)19/h2-9H,1H3,(H,20,21)/b14-8-. The summed E-state index contributed by atoms with van der Waals surface area (Å²) in [5, 5.41) is 9.79. The third-order valence-corrected chi connectivity index (χ3v) is 3.88. The van der Waals surface area contributed by atoms with Gasteiger partial charge in [-0.1, -0.05) is 45.7 Å². The Kier molecular flexibility index (Phi) is 5.58. The molecule has 2 aromatic rings. The van der Waals surface area contributed by atoms with Crippen LogP contribution in [0.4, 0.5) is 0 Å². The predicted octanol–water partition coefficient (Wildman–Crippen LogP) is 4.51. The van der Waals surface area contributed by atoms with Crippen molar-refractivity contribution in [1.29, 1.82) is 0 Å². The zero-order chi connectivity index (χ0) is 17.0. The first-order valence-corrected chi connectivity index (χ1v) is 7.68. The van der Waals surface area contributed by atoms with E-state index in [0.717, 1.165) is 4.47 Å². The fraction of sp³-hybridized carbons (Fsp3) is 0.0588. The third-order valence-electron chi connectivity index (χ3n) is 3.07. The summed E-state index contributed by atoms with van der Waals surface area (Å²) in [6, 6.07) is 11.5. The highest BCUT2D eigenvalue weighted by Gasteiger charge is 2.15. The lowest BCUT2D eigenvalue weighted by atomic mass is 10.0. The van der Waals surface area contributed by atoms with Gasteiger partial charge < -0.3 is 9.84 Å². The van der Waals surface area contributed by atoms with Crippen molar-refractivity contribution in [1.82, 2.24) is 0 Å². The van der Waals surface area contributed by atoms with Crippen LogP contribution in [0.5, 0.6) is 0 Å². The maximum absolute atomic E-state index is 11.6. The van der Waals surface area contributed by atoms with Crippen molar-refractivity contribution in [3.63, 3.8) is 0 Å². The number of carbonyl (C=O) groups excluding carboxylic acids is 1. The van der Waals surface area contributed by atoms with E-state index in [9.17, 15) is 14.7 Å². The second-order valence-corrected chi connectivity index (χ2v) is 5.93. The second-order valence-electron chi connectivity index (χ2n) is 4.60. The molecule has 0 atom stereocenters. The SMILES string of the molecule is COC(=O)c1cccc(/C=C(\C(=O)O)c2ccc(Br)cc2Cl)c1. The molecule has 0 amide bonds. The van der Waals surface area contributed by atoms with Crippen molar-refractivity contribution < 1.29 is 19.4 Å². The Labute approximate surface area is 146 Å². The van der Waals surface area contributed by atoms with Gasteiger partial charge in [0.25, 0.3) is 0 Å². The van der Waals surface area contributed by atoms with E-state index in [1.165, 1.54) is 13.2 Å². The molecule has 0 bridgehead atoms. The number of halogens is 2. The van der Waals surface area contributed by atoms with Crippen LogP contribution in [0.1, 0.15) is 21.5 Å². The molecule has 0 unspecified atom stereocenters. The molecule has 0 saturated heterocycles. The second kappa shape index (κ2) is 7.44. The minimum atomic E-state index is -1.11. The van der Waals surface area contributed by atoms with Gasteiger partial charge in [0.1, 0.15) is 0 Å². The van der Waals surface area contributed by atoms with Crippen molar-refractivity contribution in [2.75, 3.05) is 7.11 Å². The molecule has 6 heteroatoms. The number of carboxylic acid groups (broad SMARTS) is 1. The minimum Gasteiger partial charge on any atom is -0.478 e. The Balaban J connectivity index is 2.52. The van der Waals surface area contributed by atoms with Gasteiger partial charge in [0, 0.05) is 15.1 Å². The van der Waals surface area contributed by atoms with Crippen LogP contribution < -0.4 is 0 Å². The molecule has 2 rings (SSSR count). The number of hydrogen-bond acceptors (Lipinski definition) is 3. The molecule has 4 nitrogen and oxygen atoms in total. The van der Waals surface area contributed by atoms with Gasteiger partial charge in [-0.3, -0.25) is 0 Å². The molecule has 118 valence electrons. The molecule has 2 aromatic carbocycles. The van der Waals surface area contributed by atoms with Crippen LogP contribution in [0.15, 0.2) is 46.9 Å². The summed E-state index contributed by atoms with van der Waals surface area (Å²) in [6.07, 6.45) is 1.46. The van der Waals surface area contributed by atoms with E-state index in [-0.39, 0.29) is 5.57 Å². The summed E-state index contributed by atoms with van der Waals surface area (Å²) < 4.78 is 5.41. The Morgan fingerprint density at radius 1 is 1.22 bits per heavy atom.